The quantitative estimate of drug-likeness (QED) is 0.226. The number of halogens is 3. The number of aromatic nitrogens is 2. The zero-order valence-corrected chi connectivity index (χ0v) is 21.3. The molecule has 2 heterocycles. The molecule has 0 fully saturated rings. The van der Waals surface area contributed by atoms with Gasteiger partial charge >= 0.3 is 0 Å². The lowest BCUT2D eigenvalue weighted by molar-refractivity contribution is 0.0963. The molecule has 3 aromatic carbocycles. The predicted octanol–water partition coefficient (Wildman–Crippen LogP) is 5.81. The summed E-state index contributed by atoms with van der Waals surface area (Å²) >= 11 is 2.25. The van der Waals surface area contributed by atoms with E-state index in [4.69, 9.17) is 4.98 Å². The molecule has 2 N–H and O–H groups in total. The van der Waals surface area contributed by atoms with E-state index < -0.39 is 11.6 Å². The van der Waals surface area contributed by atoms with Crippen LogP contribution in [0, 0.1) is 11.6 Å². The number of benzene rings is 3. The van der Waals surface area contributed by atoms with Crippen molar-refractivity contribution in [2.75, 3.05) is 12.4 Å². The molecule has 0 bridgehead atoms. The van der Waals surface area contributed by atoms with Gasteiger partial charge in [-0.25, -0.2) is 18.7 Å². The summed E-state index contributed by atoms with van der Waals surface area (Å²) in [5, 5.41) is 5.75. The van der Waals surface area contributed by atoms with Crippen LogP contribution in [0.3, 0.4) is 0 Å². The van der Waals surface area contributed by atoms with Crippen LogP contribution in [-0.2, 0) is 11.0 Å². The number of fused-ring (bicyclic) bond motifs is 3. The molecule has 0 radical (unpaired) electrons. The van der Waals surface area contributed by atoms with Crippen LogP contribution in [-0.4, -0.2) is 28.6 Å². The molecule has 0 atom stereocenters. The lowest BCUT2D eigenvalue weighted by Crippen LogP contribution is -2.17. The molecule has 1 amide bonds. The highest BCUT2D eigenvalue weighted by molar-refractivity contribution is 14.1. The monoisotopic (exact) mass is 595 g/mol. The summed E-state index contributed by atoms with van der Waals surface area (Å²) in [6, 6.07) is 16.5. The first-order valence-corrected chi connectivity index (χ1v) is 12.6. The van der Waals surface area contributed by atoms with Crippen LogP contribution < -0.4 is 10.6 Å². The molecule has 9 heteroatoms. The molecule has 6 nitrogen and oxygen atoms in total. The minimum Gasteiger partial charge on any atom is -0.355 e. The molecule has 0 aliphatic carbocycles. The average Bonchev–Trinajstić information content (AvgIpc) is 3.05. The molecule has 0 saturated heterocycles. The van der Waals surface area contributed by atoms with Crippen LogP contribution in [0.5, 0.6) is 0 Å². The van der Waals surface area contributed by atoms with Crippen molar-refractivity contribution in [1.82, 2.24) is 15.3 Å². The van der Waals surface area contributed by atoms with E-state index in [1.54, 1.807) is 37.5 Å². The van der Waals surface area contributed by atoms with Crippen LogP contribution >= 0.6 is 22.6 Å². The number of carbonyl (C=O) groups is 1. The highest BCUT2D eigenvalue weighted by Gasteiger charge is 2.25. The van der Waals surface area contributed by atoms with Gasteiger partial charge in [0.25, 0.3) is 5.91 Å². The molecular formula is C27H20F2IN5O. The SMILES string of the molecule is CNC(=O)c1ccc(Nc2ncc3c(n2)-c2ccc(CI)cc2C(c2c(F)cccc2F)=NC3)cc1. The fraction of sp³-hybridized carbons (Fsp3) is 0.111. The van der Waals surface area contributed by atoms with Crippen molar-refractivity contribution >= 4 is 45.8 Å². The fourth-order valence-electron chi connectivity index (χ4n) is 4.06. The first-order chi connectivity index (χ1) is 17.5. The Bertz CT molecular complexity index is 1480. The standard InChI is InChI=1S/C27H20F2IN5O/c1-31-26(36)16-6-8-18(9-7-16)34-27-33-14-17-13-32-25(23-21(28)3-2-4-22(23)29)20-11-15(12-30)5-10-19(20)24(17)35-27/h2-11,14H,12-13H2,1H3,(H,31,36)(H,33,34,35). The molecule has 1 aliphatic rings. The van der Waals surface area contributed by atoms with Gasteiger partial charge in [-0.05, 0) is 48.0 Å². The van der Waals surface area contributed by atoms with Crippen LogP contribution in [0.25, 0.3) is 11.3 Å². The summed E-state index contributed by atoms with van der Waals surface area (Å²) in [5.74, 6) is -1.16. The number of nitrogens with zero attached hydrogens (tertiary/aromatic N) is 3. The summed E-state index contributed by atoms with van der Waals surface area (Å²) in [4.78, 5) is 25.6. The highest BCUT2D eigenvalue weighted by atomic mass is 127. The number of carbonyl (C=O) groups excluding carboxylic acids is 1. The van der Waals surface area contributed by atoms with E-state index in [-0.39, 0.29) is 23.7 Å². The maximum Gasteiger partial charge on any atom is 0.251 e. The van der Waals surface area contributed by atoms with Gasteiger partial charge in [-0.3, -0.25) is 9.79 Å². The van der Waals surface area contributed by atoms with Crippen molar-refractivity contribution in [1.29, 1.82) is 0 Å². The Labute approximate surface area is 220 Å². The third kappa shape index (κ3) is 4.58. The van der Waals surface area contributed by atoms with Crippen molar-refractivity contribution in [2.24, 2.45) is 4.99 Å². The minimum absolute atomic E-state index is 0.153. The first kappa shape index (κ1) is 24.0. The van der Waals surface area contributed by atoms with Crippen molar-refractivity contribution in [2.45, 2.75) is 11.0 Å². The van der Waals surface area contributed by atoms with Gasteiger partial charge in [-0.1, -0.05) is 40.8 Å². The second-order valence-corrected chi connectivity index (χ2v) is 8.89. The van der Waals surface area contributed by atoms with Crippen LogP contribution in [0.2, 0.25) is 0 Å². The van der Waals surface area contributed by atoms with E-state index in [2.05, 4.69) is 43.2 Å². The van der Waals surface area contributed by atoms with Gasteiger partial charge < -0.3 is 10.6 Å². The maximum absolute atomic E-state index is 14.8. The number of anilines is 2. The number of aliphatic imine (C=N–C) groups is 1. The Morgan fingerprint density at radius 1 is 1.03 bits per heavy atom. The molecule has 5 rings (SSSR count). The molecule has 180 valence electrons. The molecular weight excluding hydrogens is 575 g/mol. The average molecular weight is 595 g/mol. The number of nitrogens with one attached hydrogen (secondary N) is 2. The Kier molecular flexibility index (Phi) is 6.73. The van der Waals surface area contributed by atoms with E-state index in [1.165, 1.54) is 18.2 Å². The number of hydrogen-bond acceptors (Lipinski definition) is 5. The second-order valence-electron chi connectivity index (χ2n) is 8.12. The summed E-state index contributed by atoms with van der Waals surface area (Å²) in [7, 11) is 1.58. The van der Waals surface area contributed by atoms with E-state index in [0.29, 0.717) is 28.5 Å². The van der Waals surface area contributed by atoms with Crippen molar-refractivity contribution in [3.05, 3.63) is 106 Å². The van der Waals surface area contributed by atoms with Crippen molar-refractivity contribution < 1.29 is 13.6 Å². The van der Waals surface area contributed by atoms with Crippen LogP contribution in [0.15, 0.2) is 71.9 Å². The largest absolute Gasteiger partial charge is 0.355 e. The zero-order chi connectivity index (χ0) is 25.2. The molecule has 36 heavy (non-hydrogen) atoms. The van der Waals surface area contributed by atoms with Gasteiger partial charge in [-0.15, -0.1) is 0 Å². The van der Waals surface area contributed by atoms with Crippen molar-refractivity contribution in [3.63, 3.8) is 0 Å². The molecule has 4 aromatic rings. The minimum atomic E-state index is -0.667. The summed E-state index contributed by atoms with van der Waals surface area (Å²) < 4.78 is 30.3. The third-order valence-corrected chi connectivity index (χ3v) is 6.73. The zero-order valence-electron chi connectivity index (χ0n) is 19.1. The first-order valence-electron chi connectivity index (χ1n) is 11.1. The van der Waals surface area contributed by atoms with Crippen LogP contribution in [0.4, 0.5) is 20.4 Å². The Morgan fingerprint density at radius 2 is 1.78 bits per heavy atom. The number of hydrogen-bond donors (Lipinski definition) is 2. The van der Waals surface area contributed by atoms with Gasteiger partial charge in [0.05, 0.1) is 23.5 Å². The third-order valence-electron chi connectivity index (χ3n) is 5.85. The van der Waals surface area contributed by atoms with E-state index in [9.17, 15) is 13.6 Å². The summed E-state index contributed by atoms with van der Waals surface area (Å²) in [6.45, 7) is 0.174. The van der Waals surface area contributed by atoms with E-state index in [1.807, 2.05) is 18.2 Å². The predicted molar refractivity (Wildman–Crippen MR) is 144 cm³/mol. The Hall–Kier alpha value is -3.73. The second kappa shape index (κ2) is 10.1. The molecule has 1 aliphatic heterocycles. The topological polar surface area (TPSA) is 79.3 Å². The van der Waals surface area contributed by atoms with E-state index in [0.717, 1.165) is 21.1 Å². The van der Waals surface area contributed by atoms with Crippen LogP contribution in [0.1, 0.15) is 32.6 Å². The highest BCUT2D eigenvalue weighted by Crippen LogP contribution is 2.34. The Balaban J connectivity index is 1.58. The Morgan fingerprint density at radius 3 is 2.47 bits per heavy atom. The normalized spacial score (nSPS) is 12.2. The smallest absolute Gasteiger partial charge is 0.251 e. The lowest BCUT2D eigenvalue weighted by atomic mass is 9.93. The van der Waals surface area contributed by atoms with Gasteiger partial charge in [-0.2, -0.15) is 0 Å². The van der Waals surface area contributed by atoms with E-state index >= 15 is 0 Å². The van der Waals surface area contributed by atoms with Gasteiger partial charge in [0.2, 0.25) is 5.95 Å². The maximum atomic E-state index is 14.8. The number of alkyl halides is 1. The fourth-order valence-corrected chi connectivity index (χ4v) is 4.53. The van der Waals surface area contributed by atoms with Gasteiger partial charge in [0.15, 0.2) is 0 Å². The van der Waals surface area contributed by atoms with Gasteiger partial charge in [0.1, 0.15) is 11.6 Å². The molecule has 0 saturated carbocycles. The lowest BCUT2D eigenvalue weighted by Gasteiger charge is -2.14. The van der Waals surface area contributed by atoms with Crippen molar-refractivity contribution in [3.8, 4) is 11.3 Å². The summed E-state index contributed by atoms with van der Waals surface area (Å²) in [6.07, 6.45) is 1.67. The molecule has 1 aromatic heterocycles. The molecule has 0 spiro atoms. The number of rotatable bonds is 5. The number of amides is 1. The molecule has 0 unspecified atom stereocenters. The van der Waals surface area contributed by atoms with Gasteiger partial charge in [0, 0.05) is 45.6 Å². The summed E-state index contributed by atoms with van der Waals surface area (Å²) in [5.41, 5.74) is 5.07.